The molecule has 2 aromatic carbocycles. The molecule has 0 bridgehead atoms. The highest BCUT2D eigenvalue weighted by molar-refractivity contribution is 7.89. The first kappa shape index (κ1) is 17.9. The van der Waals surface area contributed by atoms with Gasteiger partial charge in [-0.15, -0.1) is 0 Å². The van der Waals surface area contributed by atoms with Crippen molar-refractivity contribution in [2.75, 3.05) is 11.9 Å². The molecule has 0 spiro atoms. The van der Waals surface area contributed by atoms with Gasteiger partial charge in [-0.3, -0.25) is 4.79 Å². The maximum Gasteiger partial charge on any atom is 0.243 e. The molecule has 132 valence electrons. The van der Waals surface area contributed by atoms with Gasteiger partial charge in [-0.25, -0.2) is 8.42 Å². The first-order chi connectivity index (χ1) is 11.9. The minimum atomic E-state index is -3.71. The van der Waals surface area contributed by atoms with E-state index in [0.717, 1.165) is 5.56 Å². The van der Waals surface area contributed by atoms with E-state index in [-0.39, 0.29) is 10.8 Å². The lowest BCUT2D eigenvalue weighted by molar-refractivity contribution is -0.119. The van der Waals surface area contributed by atoms with E-state index >= 15 is 0 Å². The predicted molar refractivity (Wildman–Crippen MR) is 98.2 cm³/mol. The molecule has 0 aliphatic carbocycles. The highest BCUT2D eigenvalue weighted by Gasteiger charge is 2.39. The zero-order valence-electron chi connectivity index (χ0n) is 13.8. The van der Waals surface area contributed by atoms with Gasteiger partial charge in [-0.05, 0) is 44.0 Å². The Bertz CT molecular complexity index is 881. The molecule has 25 heavy (non-hydrogen) atoms. The number of para-hydroxylation sites is 1. The molecular formula is C18H19ClN2O3S. The lowest BCUT2D eigenvalue weighted by atomic mass is 10.2. The van der Waals surface area contributed by atoms with Crippen LogP contribution in [0.2, 0.25) is 5.02 Å². The number of rotatable bonds is 4. The topological polar surface area (TPSA) is 66.5 Å². The zero-order chi connectivity index (χ0) is 18.0. The Kier molecular flexibility index (Phi) is 5.13. The van der Waals surface area contributed by atoms with Gasteiger partial charge in [-0.2, -0.15) is 4.31 Å². The second-order valence-corrected chi connectivity index (χ2v) is 8.35. The SMILES string of the molecule is Cc1ccc(S(=O)(=O)N2CCC[C@H]2C(=O)Nc2ccccc2Cl)cc1. The van der Waals surface area contributed by atoms with Crippen LogP contribution in [0, 0.1) is 6.92 Å². The highest BCUT2D eigenvalue weighted by Crippen LogP contribution is 2.28. The number of hydrogen-bond acceptors (Lipinski definition) is 3. The lowest BCUT2D eigenvalue weighted by Crippen LogP contribution is -2.43. The minimum Gasteiger partial charge on any atom is -0.323 e. The largest absolute Gasteiger partial charge is 0.323 e. The molecule has 7 heteroatoms. The average Bonchev–Trinajstić information content (AvgIpc) is 3.08. The van der Waals surface area contributed by atoms with Crippen LogP contribution in [0.3, 0.4) is 0 Å². The van der Waals surface area contributed by atoms with Crippen LogP contribution in [0.1, 0.15) is 18.4 Å². The van der Waals surface area contributed by atoms with Crippen molar-refractivity contribution < 1.29 is 13.2 Å². The zero-order valence-corrected chi connectivity index (χ0v) is 15.3. The number of nitrogens with one attached hydrogen (secondary N) is 1. The summed E-state index contributed by atoms with van der Waals surface area (Å²) in [6.07, 6.45) is 1.13. The Morgan fingerprint density at radius 1 is 1.16 bits per heavy atom. The first-order valence-electron chi connectivity index (χ1n) is 8.03. The smallest absolute Gasteiger partial charge is 0.243 e. The molecule has 2 aromatic rings. The molecule has 5 nitrogen and oxygen atoms in total. The summed E-state index contributed by atoms with van der Waals surface area (Å²) in [5.74, 6) is -0.360. The lowest BCUT2D eigenvalue weighted by Gasteiger charge is -2.23. The number of carbonyl (C=O) groups is 1. The van der Waals surface area contributed by atoms with Gasteiger partial charge in [0.05, 0.1) is 15.6 Å². The normalized spacial score (nSPS) is 18.2. The highest BCUT2D eigenvalue weighted by atomic mass is 35.5. The van der Waals surface area contributed by atoms with Gasteiger partial charge in [0.1, 0.15) is 6.04 Å². The third-order valence-corrected chi connectivity index (χ3v) is 6.52. The number of anilines is 1. The van der Waals surface area contributed by atoms with Crippen LogP contribution < -0.4 is 5.32 Å². The summed E-state index contributed by atoms with van der Waals surface area (Å²) in [5, 5.41) is 3.16. The molecule has 0 unspecified atom stereocenters. The first-order valence-corrected chi connectivity index (χ1v) is 9.85. The van der Waals surface area contributed by atoms with Gasteiger partial charge in [0.2, 0.25) is 15.9 Å². The minimum absolute atomic E-state index is 0.204. The van der Waals surface area contributed by atoms with E-state index in [9.17, 15) is 13.2 Å². The van der Waals surface area contributed by atoms with Crippen LogP contribution in [0.4, 0.5) is 5.69 Å². The molecule has 1 amide bonds. The summed E-state index contributed by atoms with van der Waals surface area (Å²) in [4.78, 5) is 12.8. The summed E-state index contributed by atoms with van der Waals surface area (Å²) in [6, 6.07) is 12.8. The Hall–Kier alpha value is -1.89. The molecule has 1 fully saturated rings. The van der Waals surface area contributed by atoms with E-state index in [1.807, 2.05) is 6.92 Å². The molecule has 1 atom stereocenters. The number of aryl methyl sites for hydroxylation is 1. The van der Waals surface area contributed by atoms with Gasteiger partial charge >= 0.3 is 0 Å². The number of halogens is 1. The van der Waals surface area contributed by atoms with Crippen molar-refractivity contribution in [1.29, 1.82) is 0 Å². The number of benzene rings is 2. The summed E-state index contributed by atoms with van der Waals surface area (Å²) < 4.78 is 27.1. The van der Waals surface area contributed by atoms with E-state index in [4.69, 9.17) is 11.6 Å². The van der Waals surface area contributed by atoms with Crippen molar-refractivity contribution in [3.05, 3.63) is 59.1 Å². The van der Waals surface area contributed by atoms with Gasteiger partial charge < -0.3 is 5.32 Å². The molecule has 1 heterocycles. The molecule has 0 saturated carbocycles. The third kappa shape index (κ3) is 3.71. The van der Waals surface area contributed by atoms with Crippen LogP contribution in [-0.4, -0.2) is 31.2 Å². The van der Waals surface area contributed by atoms with Crippen molar-refractivity contribution in [3.63, 3.8) is 0 Å². The van der Waals surface area contributed by atoms with Crippen molar-refractivity contribution in [1.82, 2.24) is 4.31 Å². The van der Waals surface area contributed by atoms with Gasteiger partial charge in [0.25, 0.3) is 0 Å². The molecule has 1 N–H and O–H groups in total. The second-order valence-electron chi connectivity index (χ2n) is 6.06. The van der Waals surface area contributed by atoms with Crippen molar-refractivity contribution in [2.24, 2.45) is 0 Å². The Morgan fingerprint density at radius 2 is 1.84 bits per heavy atom. The van der Waals surface area contributed by atoms with Crippen LogP contribution in [-0.2, 0) is 14.8 Å². The predicted octanol–water partition coefficient (Wildman–Crippen LogP) is 3.44. The Morgan fingerprint density at radius 3 is 2.52 bits per heavy atom. The Labute approximate surface area is 152 Å². The fourth-order valence-corrected chi connectivity index (χ4v) is 4.75. The van der Waals surface area contributed by atoms with Crippen LogP contribution in [0.25, 0.3) is 0 Å². The molecule has 0 aromatic heterocycles. The van der Waals surface area contributed by atoms with Crippen molar-refractivity contribution in [2.45, 2.75) is 30.7 Å². The summed E-state index contributed by atoms with van der Waals surface area (Å²) in [7, 11) is -3.71. The second kappa shape index (κ2) is 7.15. The monoisotopic (exact) mass is 378 g/mol. The standard InChI is InChI=1S/C18H19ClN2O3S/c1-13-8-10-14(11-9-13)25(23,24)21-12-4-7-17(21)18(22)20-16-6-3-2-5-15(16)19/h2-3,5-6,8-11,17H,4,7,12H2,1H3,(H,20,22)/t17-/m0/s1. The summed E-state index contributed by atoms with van der Waals surface area (Å²) in [5.41, 5.74) is 1.46. The summed E-state index contributed by atoms with van der Waals surface area (Å²) in [6.45, 7) is 2.23. The molecule has 1 aliphatic heterocycles. The number of amides is 1. The molecule has 0 radical (unpaired) electrons. The van der Waals surface area contributed by atoms with E-state index in [2.05, 4.69) is 5.32 Å². The fourth-order valence-electron chi connectivity index (χ4n) is 2.91. The van der Waals surface area contributed by atoms with E-state index in [1.54, 1.807) is 48.5 Å². The molecule has 3 rings (SSSR count). The van der Waals surface area contributed by atoms with Gasteiger partial charge in [0.15, 0.2) is 0 Å². The van der Waals surface area contributed by atoms with E-state index < -0.39 is 16.1 Å². The number of sulfonamides is 1. The maximum absolute atomic E-state index is 12.9. The number of carbonyl (C=O) groups excluding carboxylic acids is 1. The van der Waals surface area contributed by atoms with Crippen LogP contribution in [0.5, 0.6) is 0 Å². The van der Waals surface area contributed by atoms with E-state index in [0.29, 0.717) is 30.1 Å². The average molecular weight is 379 g/mol. The quantitative estimate of drug-likeness (QED) is 0.886. The van der Waals surface area contributed by atoms with Gasteiger partial charge in [0, 0.05) is 6.54 Å². The molecule has 1 aliphatic rings. The van der Waals surface area contributed by atoms with E-state index in [1.165, 1.54) is 4.31 Å². The van der Waals surface area contributed by atoms with Crippen molar-refractivity contribution >= 4 is 33.2 Å². The molecular weight excluding hydrogens is 360 g/mol. The summed E-state index contributed by atoms with van der Waals surface area (Å²) >= 11 is 6.07. The number of nitrogens with zero attached hydrogens (tertiary/aromatic N) is 1. The van der Waals surface area contributed by atoms with Crippen molar-refractivity contribution in [3.8, 4) is 0 Å². The fraction of sp³-hybridized carbons (Fsp3) is 0.278. The van der Waals surface area contributed by atoms with Crippen LogP contribution in [0.15, 0.2) is 53.4 Å². The maximum atomic E-state index is 12.9. The third-order valence-electron chi connectivity index (χ3n) is 4.27. The van der Waals surface area contributed by atoms with Gasteiger partial charge in [-0.1, -0.05) is 41.4 Å². The number of hydrogen-bond donors (Lipinski definition) is 1. The van der Waals surface area contributed by atoms with Crippen LogP contribution >= 0.6 is 11.6 Å². The molecule has 1 saturated heterocycles. The Balaban J connectivity index is 1.83.